The summed E-state index contributed by atoms with van der Waals surface area (Å²) in [4.78, 5) is 4.21. The monoisotopic (exact) mass is 497 g/mol. The summed E-state index contributed by atoms with van der Waals surface area (Å²) in [6, 6.07) is 13.1. The number of anilines is 1. The molecule has 0 saturated carbocycles. The van der Waals surface area contributed by atoms with E-state index in [1.807, 2.05) is 6.92 Å². The maximum Gasteiger partial charge on any atom is 0.419 e. The summed E-state index contributed by atoms with van der Waals surface area (Å²) in [6.45, 7) is 1.26. The van der Waals surface area contributed by atoms with Crippen LogP contribution < -0.4 is 4.31 Å². The van der Waals surface area contributed by atoms with Crippen molar-refractivity contribution in [2.24, 2.45) is 0 Å². The lowest BCUT2D eigenvalue weighted by molar-refractivity contribution is -0.140. The van der Waals surface area contributed by atoms with Crippen molar-refractivity contribution in [1.82, 2.24) is 9.38 Å². The minimum atomic E-state index is -4.94. The SMILES string of the molecule is Cc1ccc2nc(N(Cc3ccc(F)c(C(F)(F)F)c3)S(=O)(=O)c3ccccc3)c(Cl)n2c1. The Kier molecular flexibility index (Phi) is 5.83. The van der Waals surface area contributed by atoms with Gasteiger partial charge in [0, 0.05) is 6.20 Å². The van der Waals surface area contributed by atoms with Gasteiger partial charge in [0.1, 0.15) is 11.5 Å². The second-order valence-electron chi connectivity index (χ2n) is 7.30. The van der Waals surface area contributed by atoms with Crippen molar-refractivity contribution < 1.29 is 26.0 Å². The van der Waals surface area contributed by atoms with E-state index in [1.165, 1.54) is 28.7 Å². The smallest absolute Gasteiger partial charge is 0.288 e. The zero-order valence-electron chi connectivity index (χ0n) is 17.0. The van der Waals surface area contributed by atoms with E-state index in [2.05, 4.69) is 4.98 Å². The molecule has 2 aromatic heterocycles. The van der Waals surface area contributed by atoms with E-state index in [1.54, 1.807) is 24.4 Å². The molecule has 172 valence electrons. The van der Waals surface area contributed by atoms with Gasteiger partial charge in [-0.25, -0.2) is 22.1 Å². The van der Waals surface area contributed by atoms with Gasteiger partial charge in [0.2, 0.25) is 0 Å². The Morgan fingerprint density at radius 1 is 1.06 bits per heavy atom. The fraction of sp³-hybridized carbons (Fsp3) is 0.136. The van der Waals surface area contributed by atoms with Crippen molar-refractivity contribution >= 4 is 33.1 Å². The van der Waals surface area contributed by atoms with Gasteiger partial charge in [0.05, 0.1) is 17.0 Å². The first kappa shape index (κ1) is 23.1. The van der Waals surface area contributed by atoms with Crippen LogP contribution in [0.3, 0.4) is 0 Å². The fourth-order valence-corrected chi connectivity index (χ4v) is 5.08. The molecule has 0 radical (unpaired) electrons. The van der Waals surface area contributed by atoms with Crippen molar-refractivity contribution in [2.75, 3.05) is 4.31 Å². The predicted octanol–water partition coefficient (Wildman–Crippen LogP) is 5.85. The Labute approximate surface area is 191 Å². The Morgan fingerprint density at radius 2 is 1.76 bits per heavy atom. The number of rotatable bonds is 5. The first-order valence-corrected chi connectivity index (χ1v) is 11.4. The van der Waals surface area contributed by atoms with Crippen molar-refractivity contribution in [2.45, 2.75) is 24.5 Å². The number of halogens is 5. The summed E-state index contributed by atoms with van der Waals surface area (Å²) in [5.74, 6) is -1.62. The molecule has 4 rings (SSSR count). The molecular weight excluding hydrogens is 482 g/mol. The molecule has 0 fully saturated rings. The molecule has 5 nitrogen and oxygen atoms in total. The van der Waals surface area contributed by atoms with Crippen molar-refractivity contribution in [1.29, 1.82) is 0 Å². The molecule has 0 bridgehead atoms. The number of benzene rings is 2. The van der Waals surface area contributed by atoms with E-state index < -0.39 is 34.1 Å². The molecule has 4 aromatic rings. The Bertz CT molecular complexity index is 1440. The fourth-order valence-electron chi connectivity index (χ4n) is 3.32. The standard InChI is InChI=1S/C22H16ClF4N3O2S/c1-14-7-10-19-28-21(20(23)29(19)12-14)30(33(31,32)16-5-3-2-4-6-16)13-15-8-9-18(24)17(11-15)22(25,26)27/h2-12H,13H2,1H3. The van der Waals surface area contributed by atoms with Gasteiger partial charge in [-0.1, -0.05) is 41.9 Å². The second-order valence-corrected chi connectivity index (χ2v) is 9.52. The number of hydrogen-bond acceptors (Lipinski definition) is 3. The van der Waals surface area contributed by atoms with Crippen LogP contribution in [-0.2, 0) is 22.7 Å². The van der Waals surface area contributed by atoms with Crippen molar-refractivity contribution in [3.63, 3.8) is 0 Å². The predicted molar refractivity (Wildman–Crippen MR) is 116 cm³/mol. The highest BCUT2D eigenvalue weighted by Gasteiger charge is 2.35. The third-order valence-electron chi connectivity index (χ3n) is 4.92. The lowest BCUT2D eigenvalue weighted by Gasteiger charge is -2.23. The van der Waals surface area contributed by atoms with E-state index in [9.17, 15) is 26.0 Å². The molecule has 0 unspecified atom stereocenters. The molecule has 0 aliphatic heterocycles. The van der Waals surface area contributed by atoms with Crippen molar-refractivity contribution in [3.05, 3.63) is 94.5 Å². The summed E-state index contributed by atoms with van der Waals surface area (Å²) in [6.07, 6.45) is -3.29. The second kappa shape index (κ2) is 8.35. The molecule has 0 amide bonds. The molecular formula is C22H16ClF4N3O2S. The van der Waals surface area contributed by atoms with Gasteiger partial charge in [-0.2, -0.15) is 13.2 Å². The van der Waals surface area contributed by atoms with Gasteiger partial charge in [-0.15, -0.1) is 0 Å². The van der Waals surface area contributed by atoms with Crippen LogP contribution in [0.25, 0.3) is 5.65 Å². The van der Waals surface area contributed by atoms with Gasteiger partial charge >= 0.3 is 6.18 Å². The zero-order valence-corrected chi connectivity index (χ0v) is 18.6. The highest BCUT2D eigenvalue weighted by atomic mass is 35.5. The van der Waals surface area contributed by atoms with Gasteiger partial charge in [-0.3, -0.25) is 4.40 Å². The molecule has 2 aromatic carbocycles. The Balaban J connectivity index is 1.89. The van der Waals surface area contributed by atoms with Gasteiger partial charge in [-0.05, 0) is 48.4 Å². The first-order valence-electron chi connectivity index (χ1n) is 9.56. The van der Waals surface area contributed by atoms with Crippen LogP contribution in [0.2, 0.25) is 5.15 Å². The summed E-state index contributed by atoms with van der Waals surface area (Å²) < 4.78 is 82.7. The molecule has 0 aliphatic rings. The summed E-state index contributed by atoms with van der Waals surface area (Å²) in [7, 11) is -4.29. The topological polar surface area (TPSA) is 54.7 Å². The molecule has 11 heteroatoms. The van der Waals surface area contributed by atoms with Crippen LogP contribution in [-0.4, -0.2) is 17.8 Å². The van der Waals surface area contributed by atoms with Crippen LogP contribution in [0.5, 0.6) is 0 Å². The number of aromatic nitrogens is 2. The molecule has 0 saturated heterocycles. The number of hydrogen-bond donors (Lipinski definition) is 0. The zero-order chi connectivity index (χ0) is 24.0. The molecule has 0 atom stereocenters. The number of pyridine rings is 1. The van der Waals surface area contributed by atoms with E-state index in [4.69, 9.17) is 11.6 Å². The van der Waals surface area contributed by atoms with Crippen LogP contribution in [0.15, 0.2) is 71.8 Å². The highest BCUT2D eigenvalue weighted by molar-refractivity contribution is 7.92. The maximum absolute atomic E-state index is 13.8. The highest BCUT2D eigenvalue weighted by Crippen LogP contribution is 2.35. The van der Waals surface area contributed by atoms with Gasteiger partial charge in [0.15, 0.2) is 11.0 Å². The lowest BCUT2D eigenvalue weighted by Crippen LogP contribution is -2.31. The first-order chi connectivity index (χ1) is 15.5. The summed E-state index contributed by atoms with van der Waals surface area (Å²) in [5.41, 5.74) is -0.399. The molecule has 2 heterocycles. The summed E-state index contributed by atoms with van der Waals surface area (Å²) in [5, 5.41) is -0.0358. The van der Waals surface area contributed by atoms with Gasteiger partial charge < -0.3 is 0 Å². The minimum Gasteiger partial charge on any atom is -0.288 e. The molecule has 0 N–H and O–H groups in total. The Hall–Kier alpha value is -3.11. The van der Waals surface area contributed by atoms with E-state index >= 15 is 0 Å². The number of sulfonamides is 1. The van der Waals surface area contributed by atoms with E-state index in [0.717, 1.165) is 15.9 Å². The van der Waals surface area contributed by atoms with Crippen LogP contribution in [0, 0.1) is 12.7 Å². The average Bonchev–Trinajstić information content (AvgIpc) is 3.08. The van der Waals surface area contributed by atoms with Gasteiger partial charge in [0.25, 0.3) is 10.0 Å². The third-order valence-corrected chi connectivity index (χ3v) is 7.02. The van der Waals surface area contributed by atoms with Crippen molar-refractivity contribution in [3.8, 4) is 0 Å². The van der Waals surface area contributed by atoms with E-state index in [-0.39, 0.29) is 21.4 Å². The molecule has 0 aliphatic carbocycles. The van der Waals surface area contributed by atoms with Crippen LogP contribution >= 0.6 is 11.6 Å². The number of nitrogens with zero attached hydrogens (tertiary/aromatic N) is 3. The number of imidazole rings is 1. The van der Waals surface area contributed by atoms with Crippen LogP contribution in [0.1, 0.15) is 16.7 Å². The molecule has 0 spiro atoms. The third kappa shape index (κ3) is 4.40. The van der Waals surface area contributed by atoms with Crippen LogP contribution in [0.4, 0.5) is 23.4 Å². The number of alkyl halides is 3. The number of aryl methyl sites for hydroxylation is 1. The lowest BCUT2D eigenvalue weighted by atomic mass is 10.1. The average molecular weight is 498 g/mol. The maximum atomic E-state index is 13.8. The summed E-state index contributed by atoms with van der Waals surface area (Å²) >= 11 is 6.47. The minimum absolute atomic E-state index is 0.0358. The quantitative estimate of drug-likeness (QED) is 0.325. The number of fused-ring (bicyclic) bond motifs is 1. The normalized spacial score (nSPS) is 12.3. The Morgan fingerprint density at radius 3 is 2.42 bits per heavy atom. The largest absolute Gasteiger partial charge is 0.419 e. The van der Waals surface area contributed by atoms with E-state index in [0.29, 0.717) is 17.8 Å². The molecule has 33 heavy (non-hydrogen) atoms.